The lowest BCUT2D eigenvalue weighted by Gasteiger charge is -2.10. The molecule has 76 heavy (non-hydrogen) atoms. The van der Waals surface area contributed by atoms with Crippen molar-refractivity contribution in [3.8, 4) is 44.8 Å². The summed E-state index contributed by atoms with van der Waals surface area (Å²) in [6, 6.07) is 94.9. The summed E-state index contributed by atoms with van der Waals surface area (Å²) in [5, 5.41) is 15.2. The van der Waals surface area contributed by atoms with Gasteiger partial charge >= 0.3 is 0 Å². The molecule has 6 aromatic heterocycles. The molecule has 12 aromatic carbocycles. The lowest BCUT2D eigenvalue weighted by atomic mass is 9.99. The average Bonchev–Trinajstić information content (AvgIpc) is 4.29. The van der Waals surface area contributed by atoms with Crippen LogP contribution in [0, 0.1) is 0 Å². The smallest absolute Gasteiger partial charge is 0.0619 e. The first-order chi connectivity index (χ1) is 37.7. The van der Waals surface area contributed by atoms with E-state index < -0.39 is 0 Å². The highest BCUT2D eigenvalue weighted by molar-refractivity contribution is 6.33. The van der Waals surface area contributed by atoms with Crippen molar-refractivity contribution in [1.29, 1.82) is 0 Å². The first-order valence-corrected chi connectivity index (χ1v) is 26.3. The van der Waals surface area contributed by atoms with Gasteiger partial charge in [-0.15, -0.1) is 0 Å². The molecule has 0 saturated carbocycles. The maximum Gasteiger partial charge on any atom is 0.0619 e. The zero-order valence-corrected chi connectivity index (χ0v) is 41.0. The number of hydrogen-bond donors (Lipinski definition) is 0. The SMILES string of the molecule is c1ccc(-c2ccc(-n3c4cccc5c6cccc7c8cc(-c9ccc%10c(c9)c9cccc%11c%12cccc%13c%12c%12c(cccc%12n%10c%119)n%13-c9ccc(-c%10ccccc%10)cc9)ccc8n(c8cccc3c8c54)c67)cc2)cc1. The number of benzene rings is 12. The van der Waals surface area contributed by atoms with Crippen LogP contribution in [0.15, 0.2) is 255 Å². The van der Waals surface area contributed by atoms with Crippen LogP contribution in [0.3, 0.4) is 0 Å². The summed E-state index contributed by atoms with van der Waals surface area (Å²) < 4.78 is 10.0. The average molecular weight is 963 g/mol. The lowest BCUT2D eigenvalue weighted by molar-refractivity contribution is 1.18. The monoisotopic (exact) mass is 962 g/mol. The van der Waals surface area contributed by atoms with Crippen LogP contribution in [0.25, 0.3) is 165 Å². The van der Waals surface area contributed by atoms with Crippen molar-refractivity contribution >= 4 is 120 Å². The Kier molecular flexibility index (Phi) is 7.83. The number of para-hydroxylation sites is 2. The van der Waals surface area contributed by atoms with Gasteiger partial charge in [0, 0.05) is 65.2 Å². The Morgan fingerprint density at radius 2 is 0.500 bits per heavy atom. The van der Waals surface area contributed by atoms with Crippen molar-refractivity contribution in [1.82, 2.24) is 17.9 Å². The molecule has 0 fully saturated rings. The summed E-state index contributed by atoms with van der Waals surface area (Å²) in [6.07, 6.45) is 0. The van der Waals surface area contributed by atoms with Gasteiger partial charge in [0.15, 0.2) is 0 Å². The van der Waals surface area contributed by atoms with E-state index in [2.05, 4.69) is 273 Å². The van der Waals surface area contributed by atoms with Crippen molar-refractivity contribution in [2.75, 3.05) is 0 Å². The number of rotatable bonds is 5. The van der Waals surface area contributed by atoms with E-state index in [1.165, 1.54) is 153 Å². The third-order valence-corrected chi connectivity index (χ3v) is 17.0. The van der Waals surface area contributed by atoms with Gasteiger partial charge in [-0.1, -0.05) is 170 Å². The quantitative estimate of drug-likeness (QED) is 0.164. The minimum Gasteiger partial charge on any atom is -0.309 e. The topological polar surface area (TPSA) is 18.7 Å². The van der Waals surface area contributed by atoms with Gasteiger partial charge in [-0.05, 0) is 129 Å². The van der Waals surface area contributed by atoms with Crippen LogP contribution < -0.4 is 0 Å². The Hall–Kier alpha value is -10.2. The van der Waals surface area contributed by atoms with Gasteiger partial charge in [0.05, 0.1) is 55.2 Å². The Balaban J connectivity index is 0.836. The molecule has 0 unspecified atom stereocenters. The molecule has 0 amide bonds. The summed E-state index contributed by atoms with van der Waals surface area (Å²) in [7, 11) is 0. The molecule has 4 nitrogen and oxygen atoms in total. The first kappa shape index (κ1) is 40.3. The van der Waals surface area contributed by atoms with Crippen LogP contribution in [0.5, 0.6) is 0 Å². The van der Waals surface area contributed by atoms with E-state index in [0.717, 1.165) is 11.4 Å². The zero-order valence-electron chi connectivity index (χ0n) is 41.0. The maximum absolute atomic E-state index is 2.55. The molecule has 0 aliphatic heterocycles. The highest BCUT2D eigenvalue weighted by atomic mass is 15.0. The van der Waals surface area contributed by atoms with E-state index in [4.69, 9.17) is 0 Å². The second-order valence-corrected chi connectivity index (χ2v) is 20.8. The molecule has 0 bridgehead atoms. The van der Waals surface area contributed by atoms with Gasteiger partial charge in [0.1, 0.15) is 0 Å². The molecular formula is C72H42N4. The largest absolute Gasteiger partial charge is 0.309 e. The van der Waals surface area contributed by atoms with Crippen molar-refractivity contribution in [3.05, 3.63) is 255 Å². The Morgan fingerprint density at radius 3 is 0.921 bits per heavy atom. The molecular weight excluding hydrogens is 921 g/mol. The highest BCUT2D eigenvalue weighted by Gasteiger charge is 2.25. The highest BCUT2D eigenvalue weighted by Crippen LogP contribution is 2.47. The van der Waals surface area contributed by atoms with E-state index in [-0.39, 0.29) is 0 Å². The van der Waals surface area contributed by atoms with Crippen LogP contribution in [-0.4, -0.2) is 17.9 Å². The third-order valence-electron chi connectivity index (χ3n) is 17.0. The van der Waals surface area contributed by atoms with Crippen LogP contribution >= 0.6 is 0 Å². The fourth-order valence-electron chi connectivity index (χ4n) is 13.9. The van der Waals surface area contributed by atoms with E-state index in [9.17, 15) is 0 Å². The normalized spacial score (nSPS) is 12.5. The van der Waals surface area contributed by atoms with Crippen molar-refractivity contribution < 1.29 is 0 Å². The van der Waals surface area contributed by atoms with E-state index in [1.807, 2.05) is 0 Å². The van der Waals surface area contributed by atoms with Crippen LogP contribution in [-0.2, 0) is 0 Å². The van der Waals surface area contributed by atoms with E-state index in [0.29, 0.717) is 0 Å². The number of nitrogens with zero attached hydrogens (tertiary/aromatic N) is 4. The Morgan fingerprint density at radius 1 is 0.184 bits per heavy atom. The molecule has 4 heteroatoms. The number of aromatic nitrogens is 4. The molecule has 0 aliphatic carbocycles. The minimum absolute atomic E-state index is 1.16. The lowest BCUT2D eigenvalue weighted by Crippen LogP contribution is -1.94. The Labute approximate surface area is 435 Å². The van der Waals surface area contributed by atoms with Crippen LogP contribution in [0.1, 0.15) is 0 Å². The first-order valence-electron chi connectivity index (χ1n) is 26.3. The molecule has 0 radical (unpaired) electrons. The van der Waals surface area contributed by atoms with Crippen LogP contribution in [0.4, 0.5) is 0 Å². The summed E-state index contributed by atoms with van der Waals surface area (Å²) in [5.74, 6) is 0. The molecule has 0 aliphatic rings. The van der Waals surface area contributed by atoms with Gasteiger partial charge in [-0.3, -0.25) is 0 Å². The fraction of sp³-hybridized carbons (Fsp3) is 0. The molecule has 0 N–H and O–H groups in total. The standard InChI is InChI=1S/C72H42N4/c1-3-13-43(14-4-1)45-29-35-49(36-30-45)73-61-23-9-17-51-53-19-7-21-55-57-41-47(33-39-59(57)75(71(53)55)65-27-11-25-63(73)69(65)67(51)61)48-34-40-60-58(42-48)56-22-8-20-54-52-18-10-24-62-68(52)70-64(26-12-28-66(70)76(60)72(54)56)74(62)50-37-31-46(32-38-50)44-15-5-2-6-16-44/h1-42H. The summed E-state index contributed by atoms with van der Waals surface area (Å²) >= 11 is 0. The maximum atomic E-state index is 2.55. The summed E-state index contributed by atoms with van der Waals surface area (Å²) in [5.41, 5.74) is 21.8. The predicted octanol–water partition coefficient (Wildman–Crippen LogP) is 19.2. The zero-order chi connectivity index (χ0) is 49.3. The van der Waals surface area contributed by atoms with Gasteiger partial charge in [-0.25, -0.2) is 0 Å². The molecule has 18 aromatic rings. The molecule has 0 saturated heterocycles. The van der Waals surface area contributed by atoms with Crippen molar-refractivity contribution in [3.63, 3.8) is 0 Å². The number of fused-ring (bicyclic) bond motifs is 10. The third kappa shape index (κ3) is 5.22. The molecule has 6 heterocycles. The van der Waals surface area contributed by atoms with E-state index in [1.54, 1.807) is 0 Å². The second-order valence-electron chi connectivity index (χ2n) is 20.8. The molecule has 0 spiro atoms. The van der Waals surface area contributed by atoms with Gasteiger partial charge < -0.3 is 17.9 Å². The second kappa shape index (κ2) is 14.8. The number of hydrogen-bond acceptors (Lipinski definition) is 0. The van der Waals surface area contributed by atoms with Crippen LogP contribution in [0.2, 0.25) is 0 Å². The summed E-state index contributed by atoms with van der Waals surface area (Å²) in [6.45, 7) is 0. The molecule has 0 atom stereocenters. The van der Waals surface area contributed by atoms with Crippen molar-refractivity contribution in [2.45, 2.75) is 0 Å². The molecule has 18 rings (SSSR count). The summed E-state index contributed by atoms with van der Waals surface area (Å²) in [4.78, 5) is 0. The minimum atomic E-state index is 1.16. The van der Waals surface area contributed by atoms with E-state index >= 15 is 0 Å². The van der Waals surface area contributed by atoms with Crippen molar-refractivity contribution in [2.24, 2.45) is 0 Å². The van der Waals surface area contributed by atoms with Gasteiger partial charge in [-0.2, -0.15) is 0 Å². The Bertz CT molecular complexity index is 5080. The molecule has 350 valence electrons. The van der Waals surface area contributed by atoms with Gasteiger partial charge in [0.25, 0.3) is 0 Å². The van der Waals surface area contributed by atoms with Gasteiger partial charge in [0.2, 0.25) is 0 Å². The predicted molar refractivity (Wildman–Crippen MR) is 321 cm³/mol. The fourth-order valence-corrected chi connectivity index (χ4v) is 13.9.